The van der Waals surface area contributed by atoms with Gasteiger partial charge in [-0.15, -0.1) is 0 Å². The minimum atomic E-state index is -0.961. The van der Waals surface area contributed by atoms with Crippen LogP contribution in [0.2, 0.25) is 1.41 Å². The lowest BCUT2D eigenvalue weighted by Gasteiger charge is -2.19. The third-order valence-corrected chi connectivity index (χ3v) is 3.90. The van der Waals surface area contributed by atoms with Gasteiger partial charge in [0.25, 0.3) is 0 Å². The molecule has 2 amide bonds. The molecule has 25 heavy (non-hydrogen) atoms. The van der Waals surface area contributed by atoms with E-state index >= 15 is 0 Å². The molecule has 0 bridgehead atoms. The van der Waals surface area contributed by atoms with Crippen molar-refractivity contribution in [1.29, 1.82) is 0 Å². The highest BCUT2D eigenvalue weighted by atomic mass is 16.5. The van der Waals surface area contributed by atoms with Crippen molar-refractivity contribution in [2.75, 3.05) is 7.11 Å². The topological polar surface area (TPSA) is 140 Å². The van der Waals surface area contributed by atoms with Crippen molar-refractivity contribution in [3.63, 3.8) is 0 Å². The second kappa shape index (κ2) is 8.29. The predicted molar refractivity (Wildman–Crippen MR) is 92.4 cm³/mol. The van der Waals surface area contributed by atoms with Crippen molar-refractivity contribution >= 4 is 28.7 Å². The number of primary amides is 1. The summed E-state index contributed by atoms with van der Waals surface area (Å²) in [4.78, 5) is 38.4. The first-order valence-electron chi connectivity index (χ1n) is 8.35. The minimum absolute atomic E-state index is 0.0463. The lowest BCUT2D eigenvalue weighted by Crippen LogP contribution is -2.49. The first-order valence-corrected chi connectivity index (χ1v) is 7.85. The number of amides is 2. The molecular formula is C17H22N4O4. The number of aromatic nitrogens is 1. The first kappa shape index (κ1) is 17.0. The van der Waals surface area contributed by atoms with Gasteiger partial charge < -0.3 is 26.5 Å². The predicted octanol–water partition coefficient (Wildman–Crippen LogP) is -0.0390. The summed E-state index contributed by atoms with van der Waals surface area (Å²) in [6.07, 6.45) is 2.02. The monoisotopic (exact) mass is 347 g/mol. The largest absolute Gasteiger partial charge is 0.467 e. The summed E-state index contributed by atoms with van der Waals surface area (Å²) in [7, 11) is 1.24. The van der Waals surface area contributed by atoms with E-state index in [1.54, 1.807) is 6.20 Å². The lowest BCUT2D eigenvalue weighted by atomic mass is 10.0. The van der Waals surface area contributed by atoms with Gasteiger partial charge in [0.2, 0.25) is 11.8 Å². The Morgan fingerprint density at radius 3 is 2.80 bits per heavy atom. The first-order chi connectivity index (χ1) is 12.5. The molecule has 0 radical (unpaired) electrons. The summed E-state index contributed by atoms with van der Waals surface area (Å²) < 4.78 is 12.0. The number of rotatable bonds is 9. The van der Waals surface area contributed by atoms with Gasteiger partial charge in [-0.3, -0.25) is 9.59 Å². The summed E-state index contributed by atoms with van der Waals surface area (Å²) in [5, 5.41) is 3.53. The normalized spacial score (nSPS) is 13.7. The number of ether oxygens (including phenoxy) is 1. The third-order valence-electron chi connectivity index (χ3n) is 3.90. The standard InChI is InChI=1S/C17H22N4O4/c1-25-17(24)14(21-16(23)12(18)6-7-15(19)22)8-10-9-20-13-5-3-2-4-11(10)13/h2-5,9,12,14,20H,6-8,18H2,1H3,(H2,19,22)(H,21,23)/t12-,14-/m0/s1/i/hD. The molecule has 0 unspecified atom stereocenters. The number of nitrogens with two attached hydrogens (primary N) is 2. The molecule has 1 aromatic heterocycles. The van der Waals surface area contributed by atoms with Crippen molar-refractivity contribution in [3.8, 4) is 0 Å². The minimum Gasteiger partial charge on any atom is -0.467 e. The van der Waals surface area contributed by atoms with E-state index in [0.29, 0.717) is 0 Å². The molecule has 8 nitrogen and oxygen atoms in total. The number of benzene rings is 1. The molecule has 6 N–H and O–H groups in total. The van der Waals surface area contributed by atoms with Gasteiger partial charge in [0.05, 0.1) is 13.2 Å². The highest BCUT2D eigenvalue weighted by Crippen LogP contribution is 2.19. The van der Waals surface area contributed by atoms with Crippen LogP contribution < -0.4 is 16.8 Å². The highest BCUT2D eigenvalue weighted by molar-refractivity contribution is 5.89. The van der Waals surface area contributed by atoms with E-state index in [4.69, 9.17) is 11.9 Å². The fraction of sp³-hybridized carbons (Fsp3) is 0.353. The Bertz CT molecular complexity index is 792. The van der Waals surface area contributed by atoms with E-state index in [1.165, 1.54) is 7.11 Å². The van der Waals surface area contributed by atoms with Crippen molar-refractivity contribution in [1.82, 2.24) is 10.3 Å². The number of carbonyl (C=O) groups excluding carboxylic acids is 3. The van der Waals surface area contributed by atoms with Gasteiger partial charge in [0.15, 0.2) is 0 Å². The number of esters is 1. The molecule has 0 aliphatic heterocycles. The molecule has 1 aromatic carbocycles. The summed E-state index contributed by atoms with van der Waals surface area (Å²) in [6.45, 7) is 0. The number of nitrogens with one attached hydrogen (secondary N) is 2. The fourth-order valence-electron chi connectivity index (χ4n) is 2.55. The fourth-order valence-corrected chi connectivity index (χ4v) is 2.55. The zero-order chi connectivity index (χ0) is 19.1. The van der Waals surface area contributed by atoms with Crippen LogP contribution in [0.3, 0.4) is 0 Å². The van der Waals surface area contributed by atoms with Crippen LogP contribution in [0.5, 0.6) is 0 Å². The molecule has 2 atom stereocenters. The molecule has 2 aromatic rings. The zero-order valence-electron chi connectivity index (χ0n) is 14.9. The van der Waals surface area contributed by atoms with Gasteiger partial charge >= 0.3 is 5.97 Å². The zero-order valence-corrected chi connectivity index (χ0v) is 13.9. The number of hydrogen-bond acceptors (Lipinski definition) is 5. The van der Waals surface area contributed by atoms with Gasteiger partial charge in [-0.05, 0) is 18.1 Å². The molecule has 0 aliphatic rings. The number of para-hydroxylation sites is 1. The van der Waals surface area contributed by atoms with Crippen LogP contribution >= 0.6 is 0 Å². The number of hydrogen-bond donors (Lipinski definition) is 4. The molecule has 0 aliphatic carbocycles. The van der Waals surface area contributed by atoms with Crippen molar-refractivity contribution in [3.05, 3.63) is 36.0 Å². The van der Waals surface area contributed by atoms with E-state index in [1.807, 2.05) is 24.3 Å². The van der Waals surface area contributed by atoms with Gasteiger partial charge in [-0.1, -0.05) is 18.2 Å². The summed E-state index contributed by atoms with van der Waals surface area (Å²) >= 11 is 0. The van der Waals surface area contributed by atoms with E-state index in [0.717, 1.165) is 16.5 Å². The number of H-pyrrole nitrogens is 1. The smallest absolute Gasteiger partial charge is 0.328 e. The van der Waals surface area contributed by atoms with Crippen LogP contribution in [0.1, 0.15) is 18.4 Å². The molecule has 0 saturated heterocycles. The highest BCUT2D eigenvalue weighted by Gasteiger charge is 2.25. The number of aromatic amines is 1. The Kier molecular flexibility index (Phi) is 5.63. The van der Waals surface area contributed by atoms with Crippen molar-refractivity contribution in [2.24, 2.45) is 11.5 Å². The third kappa shape index (κ3) is 4.80. The Morgan fingerprint density at radius 2 is 2.12 bits per heavy atom. The maximum atomic E-state index is 12.3. The van der Waals surface area contributed by atoms with Gasteiger partial charge in [-0.2, -0.15) is 0 Å². The molecule has 0 fully saturated rings. The van der Waals surface area contributed by atoms with E-state index in [9.17, 15) is 14.4 Å². The molecule has 2 rings (SSSR count). The van der Waals surface area contributed by atoms with Crippen molar-refractivity contribution in [2.45, 2.75) is 31.3 Å². The Hall–Kier alpha value is -2.87. The number of methoxy groups -OCH3 is 1. The average Bonchev–Trinajstić information content (AvgIpc) is 3.04. The SMILES string of the molecule is [2H]N[C@@H](CCC(N)=O)C(=O)N[C@@H](Cc1c[nH]c2ccccc12)C(=O)OC. The van der Waals surface area contributed by atoms with Crippen LogP contribution in [0, 0.1) is 0 Å². The van der Waals surface area contributed by atoms with E-state index in [2.05, 4.69) is 16.0 Å². The maximum absolute atomic E-state index is 12.3. The molecule has 134 valence electrons. The molecular weight excluding hydrogens is 324 g/mol. The second-order valence-corrected chi connectivity index (χ2v) is 5.71. The summed E-state index contributed by atoms with van der Waals surface area (Å²) in [5.74, 6) is -1.74. The van der Waals surface area contributed by atoms with Crippen LogP contribution in [0.4, 0.5) is 0 Å². The second-order valence-electron chi connectivity index (χ2n) is 5.71. The lowest BCUT2D eigenvalue weighted by molar-refractivity contribution is -0.145. The Balaban J connectivity index is 2.13. The van der Waals surface area contributed by atoms with Crippen molar-refractivity contribution < 1.29 is 20.5 Å². The van der Waals surface area contributed by atoms with Gasteiger partial charge in [0, 0.05) is 29.9 Å². The van der Waals surface area contributed by atoms with E-state index < -0.39 is 29.9 Å². The number of fused-ring (bicyclic) bond motifs is 1. The van der Waals surface area contributed by atoms with E-state index in [-0.39, 0.29) is 19.3 Å². The molecule has 0 saturated carbocycles. The molecule has 0 spiro atoms. The van der Waals surface area contributed by atoms with Gasteiger partial charge in [-0.25, -0.2) is 4.79 Å². The average molecular weight is 347 g/mol. The maximum Gasteiger partial charge on any atom is 0.328 e. The Morgan fingerprint density at radius 1 is 1.36 bits per heavy atom. The van der Waals surface area contributed by atoms with Crippen LogP contribution in [0.25, 0.3) is 10.9 Å². The quantitative estimate of drug-likeness (QED) is 0.471. The van der Waals surface area contributed by atoms with Crippen LogP contribution in [0.15, 0.2) is 30.5 Å². The van der Waals surface area contributed by atoms with Gasteiger partial charge in [0.1, 0.15) is 7.45 Å². The van der Waals surface area contributed by atoms with Crippen LogP contribution in [-0.2, 0) is 25.5 Å². The molecule has 1 heterocycles. The summed E-state index contributed by atoms with van der Waals surface area (Å²) in [6, 6.07) is 5.72. The Labute approximate surface area is 146 Å². The molecule has 8 heteroatoms. The van der Waals surface area contributed by atoms with Crippen LogP contribution in [-0.4, -0.2) is 42.0 Å². The summed E-state index contributed by atoms with van der Waals surface area (Å²) in [5.41, 5.74) is 8.92. The number of carbonyl (C=O) groups is 3.